The largest absolute Gasteiger partial charge is 0.382 e. The Morgan fingerprint density at radius 2 is 2.06 bits per heavy atom. The highest BCUT2D eigenvalue weighted by Gasteiger charge is 2.15. The minimum Gasteiger partial charge on any atom is -0.382 e. The first-order chi connectivity index (χ1) is 17.0. The number of methoxy groups -OCH3 is 1. The molecule has 0 N–H and O–H groups in total. The molecule has 0 amide bonds. The van der Waals surface area contributed by atoms with Crippen molar-refractivity contribution in [2.75, 3.05) is 20.3 Å². The SMILES string of the molecule is COCCOCc1cnc2ccn(CCc3nnc4c(F)cc(-c5cc(C)no5)cn34)c(=O)c2c1. The van der Waals surface area contributed by atoms with Crippen LogP contribution in [-0.4, -0.2) is 49.6 Å². The van der Waals surface area contributed by atoms with Crippen molar-refractivity contribution >= 4 is 16.6 Å². The van der Waals surface area contributed by atoms with E-state index in [2.05, 4.69) is 20.3 Å². The first kappa shape index (κ1) is 22.8. The molecule has 0 spiro atoms. The van der Waals surface area contributed by atoms with Crippen LogP contribution >= 0.6 is 0 Å². The Labute approximate surface area is 198 Å². The first-order valence-electron chi connectivity index (χ1n) is 11.0. The summed E-state index contributed by atoms with van der Waals surface area (Å²) in [6.45, 7) is 3.41. The number of nitrogens with zero attached hydrogens (tertiary/aromatic N) is 6. The van der Waals surface area contributed by atoms with Gasteiger partial charge < -0.3 is 18.6 Å². The fraction of sp³-hybridized carbons (Fsp3) is 0.292. The third-order valence-corrected chi connectivity index (χ3v) is 5.60. The topological polar surface area (TPSA) is 110 Å². The third-order valence-electron chi connectivity index (χ3n) is 5.60. The second-order valence-electron chi connectivity index (χ2n) is 8.11. The Bertz CT molecular complexity index is 1560. The molecule has 180 valence electrons. The van der Waals surface area contributed by atoms with Gasteiger partial charge in [-0.1, -0.05) is 5.16 Å². The van der Waals surface area contributed by atoms with Gasteiger partial charge in [0.05, 0.1) is 36.4 Å². The van der Waals surface area contributed by atoms with Crippen LogP contribution < -0.4 is 5.56 Å². The molecule has 0 radical (unpaired) electrons. The van der Waals surface area contributed by atoms with Gasteiger partial charge in [-0.2, -0.15) is 0 Å². The van der Waals surface area contributed by atoms with E-state index in [1.165, 1.54) is 6.07 Å². The zero-order valence-electron chi connectivity index (χ0n) is 19.3. The van der Waals surface area contributed by atoms with E-state index in [1.54, 1.807) is 59.8 Å². The maximum absolute atomic E-state index is 14.7. The van der Waals surface area contributed by atoms with Crippen molar-refractivity contribution in [2.24, 2.45) is 0 Å². The highest BCUT2D eigenvalue weighted by molar-refractivity contribution is 5.77. The number of ether oxygens (including phenoxy) is 2. The molecule has 0 aliphatic rings. The molecular formula is C24H23FN6O4. The summed E-state index contributed by atoms with van der Waals surface area (Å²) in [5.74, 6) is 0.440. The van der Waals surface area contributed by atoms with Crippen molar-refractivity contribution in [3.63, 3.8) is 0 Å². The molecule has 0 saturated carbocycles. The lowest BCUT2D eigenvalue weighted by Crippen LogP contribution is -2.21. The summed E-state index contributed by atoms with van der Waals surface area (Å²) in [6, 6.07) is 6.65. The molecule has 0 aromatic carbocycles. The summed E-state index contributed by atoms with van der Waals surface area (Å²) in [5, 5.41) is 12.5. The fourth-order valence-electron chi connectivity index (χ4n) is 3.82. The fourth-order valence-corrected chi connectivity index (χ4v) is 3.82. The lowest BCUT2D eigenvalue weighted by Gasteiger charge is -2.08. The van der Waals surface area contributed by atoms with E-state index in [0.717, 1.165) is 5.56 Å². The molecule has 0 bridgehead atoms. The summed E-state index contributed by atoms with van der Waals surface area (Å²) in [4.78, 5) is 17.5. The molecule has 0 saturated heterocycles. The van der Waals surface area contributed by atoms with E-state index in [9.17, 15) is 9.18 Å². The number of aryl methyl sites for hydroxylation is 3. The second kappa shape index (κ2) is 9.72. The van der Waals surface area contributed by atoms with E-state index < -0.39 is 5.82 Å². The molecule has 5 heterocycles. The standard InChI is InChI=1S/C24H23FN6O4/c1-15-9-21(35-29-15)17-11-19(25)23-28-27-22(31(23)13-17)4-6-30-5-3-20-18(24(30)32)10-16(12-26-20)14-34-8-7-33-2/h3,5,9-13H,4,6-8,14H2,1-2H3. The highest BCUT2D eigenvalue weighted by atomic mass is 19.1. The summed E-state index contributed by atoms with van der Waals surface area (Å²) in [5.41, 5.74) is 2.55. The predicted octanol–water partition coefficient (Wildman–Crippen LogP) is 2.95. The van der Waals surface area contributed by atoms with Gasteiger partial charge in [0, 0.05) is 50.3 Å². The molecule has 5 aromatic heterocycles. The Hall–Kier alpha value is -3.96. The minimum atomic E-state index is -0.524. The Morgan fingerprint density at radius 1 is 1.17 bits per heavy atom. The van der Waals surface area contributed by atoms with Gasteiger partial charge in [-0.05, 0) is 30.7 Å². The average Bonchev–Trinajstić information content (AvgIpc) is 3.48. The van der Waals surface area contributed by atoms with Crippen LogP contribution in [0.5, 0.6) is 0 Å². The van der Waals surface area contributed by atoms with Crippen molar-refractivity contribution in [2.45, 2.75) is 26.5 Å². The predicted molar refractivity (Wildman–Crippen MR) is 124 cm³/mol. The van der Waals surface area contributed by atoms with Gasteiger partial charge in [0.2, 0.25) is 0 Å². The zero-order chi connectivity index (χ0) is 24.4. The van der Waals surface area contributed by atoms with E-state index in [-0.39, 0.29) is 11.2 Å². The molecular weight excluding hydrogens is 455 g/mol. The number of pyridine rings is 3. The number of hydrogen-bond acceptors (Lipinski definition) is 8. The van der Waals surface area contributed by atoms with Crippen LogP contribution in [0.3, 0.4) is 0 Å². The van der Waals surface area contributed by atoms with Crippen LogP contribution in [0.4, 0.5) is 4.39 Å². The smallest absolute Gasteiger partial charge is 0.260 e. The third kappa shape index (κ3) is 4.68. The van der Waals surface area contributed by atoms with Gasteiger partial charge in [-0.3, -0.25) is 14.2 Å². The second-order valence-corrected chi connectivity index (χ2v) is 8.11. The van der Waals surface area contributed by atoms with Crippen LogP contribution in [-0.2, 0) is 29.0 Å². The normalized spacial score (nSPS) is 11.6. The van der Waals surface area contributed by atoms with Crippen LogP contribution in [0.1, 0.15) is 17.1 Å². The molecule has 5 aromatic rings. The van der Waals surface area contributed by atoms with Gasteiger partial charge in [0.15, 0.2) is 17.2 Å². The van der Waals surface area contributed by atoms with Crippen LogP contribution in [0, 0.1) is 12.7 Å². The van der Waals surface area contributed by atoms with Crippen LogP contribution in [0.2, 0.25) is 0 Å². The van der Waals surface area contributed by atoms with E-state index in [1.807, 2.05) is 0 Å². The van der Waals surface area contributed by atoms with Crippen molar-refractivity contribution in [3.8, 4) is 11.3 Å². The zero-order valence-corrected chi connectivity index (χ0v) is 19.3. The van der Waals surface area contributed by atoms with Crippen LogP contribution in [0.15, 0.2) is 52.2 Å². The number of fused-ring (bicyclic) bond motifs is 2. The quantitative estimate of drug-likeness (QED) is 0.298. The Morgan fingerprint density at radius 3 is 2.86 bits per heavy atom. The van der Waals surface area contributed by atoms with E-state index in [4.69, 9.17) is 14.0 Å². The maximum Gasteiger partial charge on any atom is 0.260 e. The van der Waals surface area contributed by atoms with Crippen molar-refractivity contribution in [3.05, 3.63) is 76.1 Å². The monoisotopic (exact) mass is 478 g/mol. The van der Waals surface area contributed by atoms with Crippen molar-refractivity contribution < 1.29 is 18.4 Å². The summed E-state index contributed by atoms with van der Waals surface area (Å²) >= 11 is 0. The molecule has 11 heteroatoms. The Kier molecular flexibility index (Phi) is 6.34. The number of halogens is 1. The van der Waals surface area contributed by atoms with Crippen molar-refractivity contribution in [1.29, 1.82) is 0 Å². The molecule has 0 atom stereocenters. The highest BCUT2D eigenvalue weighted by Crippen LogP contribution is 2.23. The maximum atomic E-state index is 14.7. The van der Waals surface area contributed by atoms with Crippen molar-refractivity contribution in [1.82, 2.24) is 29.3 Å². The molecule has 0 unspecified atom stereocenters. The van der Waals surface area contributed by atoms with Gasteiger partial charge in [-0.15, -0.1) is 10.2 Å². The van der Waals surface area contributed by atoms with Gasteiger partial charge >= 0.3 is 0 Å². The molecule has 0 aliphatic carbocycles. The average molecular weight is 478 g/mol. The minimum absolute atomic E-state index is 0.105. The Balaban J connectivity index is 1.39. The van der Waals surface area contributed by atoms with E-state index in [0.29, 0.717) is 66.5 Å². The summed E-state index contributed by atoms with van der Waals surface area (Å²) in [7, 11) is 1.61. The molecule has 0 aliphatic heterocycles. The molecule has 35 heavy (non-hydrogen) atoms. The molecule has 0 fully saturated rings. The molecule has 5 rings (SSSR count). The first-order valence-corrected chi connectivity index (χ1v) is 11.0. The lowest BCUT2D eigenvalue weighted by atomic mass is 10.2. The number of hydrogen-bond donors (Lipinski definition) is 0. The van der Waals surface area contributed by atoms with E-state index >= 15 is 0 Å². The lowest BCUT2D eigenvalue weighted by molar-refractivity contribution is 0.0616. The van der Waals surface area contributed by atoms with Gasteiger partial charge in [-0.25, -0.2) is 4.39 Å². The summed E-state index contributed by atoms with van der Waals surface area (Å²) in [6.07, 6.45) is 5.46. The van der Waals surface area contributed by atoms with Gasteiger partial charge in [0.25, 0.3) is 5.56 Å². The van der Waals surface area contributed by atoms with Gasteiger partial charge in [0.1, 0.15) is 5.82 Å². The number of rotatable bonds is 9. The number of aromatic nitrogens is 6. The molecule has 10 nitrogen and oxygen atoms in total. The summed E-state index contributed by atoms with van der Waals surface area (Å²) < 4.78 is 33.6. The van der Waals surface area contributed by atoms with Crippen LogP contribution in [0.25, 0.3) is 27.9 Å².